The fourth-order valence-corrected chi connectivity index (χ4v) is 4.00. The average molecular weight is 416 g/mol. The quantitative estimate of drug-likeness (QED) is 0.472. The van der Waals surface area contributed by atoms with Gasteiger partial charge in [-0.3, -0.25) is 14.2 Å². The van der Waals surface area contributed by atoms with E-state index in [-0.39, 0.29) is 29.3 Å². The summed E-state index contributed by atoms with van der Waals surface area (Å²) >= 11 is 7.18. The van der Waals surface area contributed by atoms with Gasteiger partial charge < -0.3 is 5.32 Å². The molecule has 2 aromatic carbocycles. The van der Waals surface area contributed by atoms with Crippen molar-refractivity contribution in [2.45, 2.75) is 38.0 Å². The molecule has 0 saturated carbocycles. The maximum absolute atomic E-state index is 12.8. The summed E-state index contributed by atoms with van der Waals surface area (Å²) in [4.78, 5) is 29.9. The summed E-state index contributed by atoms with van der Waals surface area (Å²) in [7, 11) is 0. The molecular weight excluding hydrogens is 394 g/mol. The minimum Gasteiger partial charge on any atom is -0.349 e. The molecule has 28 heavy (non-hydrogen) atoms. The number of aromatic nitrogens is 2. The van der Waals surface area contributed by atoms with Crippen LogP contribution in [0.2, 0.25) is 5.02 Å². The number of nitrogens with one attached hydrogen (secondary N) is 1. The summed E-state index contributed by atoms with van der Waals surface area (Å²) in [5.41, 5.74) is 1.53. The van der Waals surface area contributed by atoms with Gasteiger partial charge in [0, 0.05) is 11.1 Å². The van der Waals surface area contributed by atoms with Crippen molar-refractivity contribution >= 4 is 40.2 Å². The van der Waals surface area contributed by atoms with Crippen molar-refractivity contribution in [3.05, 3.63) is 69.5 Å². The molecule has 1 amide bonds. The average Bonchev–Trinajstić information content (AvgIpc) is 2.66. The third-order valence-corrected chi connectivity index (χ3v) is 5.58. The summed E-state index contributed by atoms with van der Waals surface area (Å²) in [6.07, 6.45) is 0. The van der Waals surface area contributed by atoms with Crippen LogP contribution in [0.4, 0.5) is 0 Å². The van der Waals surface area contributed by atoms with Crippen LogP contribution >= 0.6 is 23.4 Å². The molecule has 0 fully saturated rings. The Morgan fingerprint density at radius 1 is 1.14 bits per heavy atom. The number of fused-ring (bicyclic) bond motifs is 1. The molecule has 3 aromatic rings. The largest absolute Gasteiger partial charge is 0.349 e. The Morgan fingerprint density at radius 2 is 1.82 bits per heavy atom. The van der Waals surface area contributed by atoms with E-state index in [1.807, 2.05) is 51.1 Å². The first-order chi connectivity index (χ1) is 13.4. The second-order valence-corrected chi connectivity index (χ2v) is 8.19. The van der Waals surface area contributed by atoms with Gasteiger partial charge in [-0.25, -0.2) is 4.98 Å². The minimum atomic E-state index is -0.137. The molecular formula is C21H22ClN3O2S. The number of carbonyl (C=O) groups is 1. The van der Waals surface area contributed by atoms with Crippen molar-refractivity contribution in [2.24, 2.45) is 0 Å². The highest BCUT2D eigenvalue weighted by Gasteiger charge is 2.16. The van der Waals surface area contributed by atoms with Crippen LogP contribution in [0.15, 0.2) is 58.5 Å². The van der Waals surface area contributed by atoms with Crippen molar-refractivity contribution in [1.82, 2.24) is 14.9 Å². The number of rotatable bonds is 6. The van der Waals surface area contributed by atoms with Gasteiger partial charge in [-0.2, -0.15) is 0 Å². The first-order valence-electron chi connectivity index (χ1n) is 9.05. The highest BCUT2D eigenvalue weighted by molar-refractivity contribution is 7.99. The van der Waals surface area contributed by atoms with Gasteiger partial charge in [0.1, 0.15) is 0 Å². The van der Waals surface area contributed by atoms with Crippen molar-refractivity contribution in [1.29, 1.82) is 0 Å². The molecule has 0 bridgehead atoms. The van der Waals surface area contributed by atoms with Crippen molar-refractivity contribution in [3.63, 3.8) is 0 Å². The number of hydrogen-bond donors (Lipinski definition) is 1. The van der Waals surface area contributed by atoms with Gasteiger partial charge in [0.15, 0.2) is 5.16 Å². The second kappa shape index (κ2) is 8.80. The number of hydrogen-bond acceptors (Lipinski definition) is 4. The summed E-state index contributed by atoms with van der Waals surface area (Å²) in [5, 5.41) is 4.76. The van der Waals surface area contributed by atoms with Crippen molar-refractivity contribution in [2.75, 3.05) is 5.75 Å². The molecule has 0 aliphatic heterocycles. The molecule has 1 unspecified atom stereocenters. The van der Waals surface area contributed by atoms with E-state index in [1.54, 1.807) is 22.8 Å². The van der Waals surface area contributed by atoms with E-state index >= 15 is 0 Å². The van der Waals surface area contributed by atoms with Crippen LogP contribution in [0.1, 0.15) is 38.4 Å². The first-order valence-corrected chi connectivity index (χ1v) is 10.4. The fourth-order valence-electron chi connectivity index (χ4n) is 2.93. The van der Waals surface area contributed by atoms with Gasteiger partial charge in [-0.1, -0.05) is 47.6 Å². The Hall–Kier alpha value is -2.31. The Kier molecular flexibility index (Phi) is 6.42. The fraction of sp³-hybridized carbons (Fsp3) is 0.286. The molecule has 0 aliphatic rings. The third-order valence-electron chi connectivity index (χ3n) is 4.37. The van der Waals surface area contributed by atoms with E-state index in [2.05, 4.69) is 10.3 Å². The smallest absolute Gasteiger partial charge is 0.262 e. The molecule has 7 heteroatoms. The van der Waals surface area contributed by atoms with Crippen molar-refractivity contribution in [3.8, 4) is 0 Å². The summed E-state index contributed by atoms with van der Waals surface area (Å²) < 4.78 is 1.64. The van der Waals surface area contributed by atoms with Crippen LogP contribution < -0.4 is 10.9 Å². The number of halogens is 1. The van der Waals surface area contributed by atoms with E-state index in [1.165, 1.54) is 11.8 Å². The van der Waals surface area contributed by atoms with Gasteiger partial charge in [0.05, 0.1) is 22.7 Å². The predicted octanol–water partition coefficient (Wildman–Crippen LogP) is 4.60. The van der Waals surface area contributed by atoms with Crippen molar-refractivity contribution < 1.29 is 4.79 Å². The summed E-state index contributed by atoms with van der Waals surface area (Å²) in [6.45, 7) is 5.79. The van der Waals surface area contributed by atoms with Gasteiger partial charge in [-0.15, -0.1) is 0 Å². The normalized spacial score (nSPS) is 12.3. The van der Waals surface area contributed by atoms with E-state index < -0.39 is 0 Å². The van der Waals surface area contributed by atoms with Crippen LogP contribution in [-0.2, 0) is 4.79 Å². The highest BCUT2D eigenvalue weighted by Crippen LogP contribution is 2.21. The van der Waals surface area contributed by atoms with Crippen LogP contribution in [0, 0.1) is 0 Å². The molecule has 3 rings (SSSR count). The van der Waals surface area contributed by atoms with Gasteiger partial charge in [0.2, 0.25) is 5.91 Å². The highest BCUT2D eigenvalue weighted by atomic mass is 35.5. The Bertz CT molecular complexity index is 1050. The number of amides is 1. The van der Waals surface area contributed by atoms with Crippen LogP contribution in [0.25, 0.3) is 10.9 Å². The topological polar surface area (TPSA) is 64.0 Å². The van der Waals surface area contributed by atoms with E-state index in [0.29, 0.717) is 21.1 Å². The number of thioether (sulfide) groups is 1. The van der Waals surface area contributed by atoms with Gasteiger partial charge in [-0.05, 0) is 50.6 Å². The summed E-state index contributed by atoms with van der Waals surface area (Å²) in [6, 6.07) is 14.5. The molecule has 146 valence electrons. The lowest BCUT2D eigenvalue weighted by Crippen LogP contribution is -2.29. The van der Waals surface area contributed by atoms with E-state index in [0.717, 1.165) is 5.56 Å². The number of para-hydroxylation sites is 1. The molecule has 0 radical (unpaired) electrons. The molecule has 0 aliphatic carbocycles. The molecule has 1 N–H and O–H groups in total. The third kappa shape index (κ3) is 4.56. The standard InChI is InChI=1S/C21H22ClN3O2S/c1-13(2)25-20(27)17-6-4-5-7-18(17)24-21(25)28-12-19(26)23-14(3)15-8-10-16(22)11-9-15/h4-11,13-14H,12H2,1-3H3,(H,23,26). The molecule has 1 atom stereocenters. The molecule has 1 aromatic heterocycles. The predicted molar refractivity (Wildman–Crippen MR) is 115 cm³/mol. The maximum atomic E-state index is 12.8. The van der Waals surface area contributed by atoms with Crippen LogP contribution in [0.3, 0.4) is 0 Å². The molecule has 1 heterocycles. The lowest BCUT2D eigenvalue weighted by atomic mass is 10.1. The Balaban J connectivity index is 1.75. The lowest BCUT2D eigenvalue weighted by molar-refractivity contribution is -0.119. The lowest BCUT2D eigenvalue weighted by Gasteiger charge is -2.17. The SMILES string of the molecule is CC(NC(=O)CSc1nc2ccccc2c(=O)n1C(C)C)c1ccc(Cl)cc1. The zero-order valence-corrected chi connectivity index (χ0v) is 17.6. The zero-order chi connectivity index (χ0) is 20.3. The Morgan fingerprint density at radius 3 is 2.50 bits per heavy atom. The van der Waals surface area contributed by atoms with Crippen LogP contribution in [-0.4, -0.2) is 21.2 Å². The number of carbonyl (C=O) groups excluding carboxylic acids is 1. The minimum absolute atomic E-state index is 0.0526. The zero-order valence-electron chi connectivity index (χ0n) is 16.0. The summed E-state index contributed by atoms with van der Waals surface area (Å²) in [5.74, 6) is 0.0558. The maximum Gasteiger partial charge on any atom is 0.262 e. The second-order valence-electron chi connectivity index (χ2n) is 6.81. The molecule has 0 spiro atoms. The number of nitrogens with zero attached hydrogens (tertiary/aromatic N) is 2. The Labute approximate surface area is 173 Å². The van der Waals surface area contributed by atoms with Gasteiger partial charge in [0.25, 0.3) is 5.56 Å². The van der Waals surface area contributed by atoms with E-state index in [9.17, 15) is 9.59 Å². The van der Waals surface area contributed by atoms with Crippen LogP contribution in [0.5, 0.6) is 0 Å². The number of benzene rings is 2. The van der Waals surface area contributed by atoms with E-state index in [4.69, 9.17) is 11.6 Å². The van der Waals surface area contributed by atoms with Gasteiger partial charge >= 0.3 is 0 Å². The first kappa shape index (κ1) is 20.4. The monoisotopic (exact) mass is 415 g/mol. The molecule has 0 saturated heterocycles. The molecule has 5 nitrogen and oxygen atoms in total.